The summed E-state index contributed by atoms with van der Waals surface area (Å²) in [4.78, 5) is 11.9. The number of nitrogens with one attached hydrogen (secondary N) is 1. The molecule has 1 atom stereocenters. The van der Waals surface area contributed by atoms with E-state index in [-0.39, 0.29) is 18.2 Å². The molecule has 0 saturated carbocycles. The third kappa shape index (κ3) is 2.47. The maximum atomic E-state index is 11.9. The molecule has 0 radical (unpaired) electrons. The van der Waals surface area contributed by atoms with Crippen LogP contribution in [0.3, 0.4) is 0 Å². The summed E-state index contributed by atoms with van der Waals surface area (Å²) in [7, 11) is 0. The van der Waals surface area contributed by atoms with Gasteiger partial charge in [0.1, 0.15) is 5.54 Å². The molecular formula is C12H15BrClNO. The van der Waals surface area contributed by atoms with Crippen LogP contribution in [0.25, 0.3) is 0 Å². The zero-order valence-corrected chi connectivity index (χ0v) is 11.5. The quantitative estimate of drug-likeness (QED) is 0.864. The van der Waals surface area contributed by atoms with E-state index >= 15 is 0 Å². The molecule has 1 aromatic rings. The number of hydrogen-bond acceptors (Lipinski definition) is 2. The Kier molecular flexibility index (Phi) is 4.53. The van der Waals surface area contributed by atoms with Crippen LogP contribution in [-0.2, 0) is 10.3 Å². The van der Waals surface area contributed by atoms with E-state index in [1.54, 1.807) is 0 Å². The lowest BCUT2D eigenvalue weighted by Crippen LogP contribution is -2.50. The molecule has 0 aromatic heterocycles. The van der Waals surface area contributed by atoms with Crippen LogP contribution in [0.1, 0.15) is 25.3 Å². The van der Waals surface area contributed by atoms with Crippen molar-refractivity contribution in [2.24, 2.45) is 0 Å². The second kappa shape index (κ2) is 5.30. The van der Waals surface area contributed by atoms with Crippen LogP contribution in [0.4, 0.5) is 0 Å². The fourth-order valence-corrected chi connectivity index (χ4v) is 2.40. The summed E-state index contributed by atoms with van der Waals surface area (Å²) < 4.78 is 1.02. The SMILES string of the molecule is CC1(c2cccc(Br)c2)NCCCC1=O.Cl. The van der Waals surface area contributed by atoms with Crippen LogP contribution in [0.15, 0.2) is 28.7 Å². The van der Waals surface area contributed by atoms with E-state index in [2.05, 4.69) is 21.2 Å². The van der Waals surface area contributed by atoms with Crippen LogP contribution in [0.5, 0.6) is 0 Å². The van der Waals surface area contributed by atoms with Gasteiger partial charge in [-0.15, -0.1) is 12.4 Å². The molecular weight excluding hydrogens is 289 g/mol. The van der Waals surface area contributed by atoms with Crippen molar-refractivity contribution < 1.29 is 4.79 Å². The van der Waals surface area contributed by atoms with Crippen LogP contribution in [-0.4, -0.2) is 12.3 Å². The van der Waals surface area contributed by atoms with Gasteiger partial charge in [0.05, 0.1) is 0 Å². The summed E-state index contributed by atoms with van der Waals surface area (Å²) in [5.41, 5.74) is 0.545. The van der Waals surface area contributed by atoms with Gasteiger partial charge in [0.15, 0.2) is 5.78 Å². The number of carbonyl (C=O) groups excluding carboxylic acids is 1. The van der Waals surface area contributed by atoms with Crippen molar-refractivity contribution in [3.05, 3.63) is 34.3 Å². The Balaban J connectivity index is 0.00000128. The molecule has 1 aliphatic rings. The molecule has 1 N–H and O–H groups in total. The second-order valence-electron chi connectivity index (χ2n) is 4.09. The van der Waals surface area contributed by atoms with Crippen LogP contribution >= 0.6 is 28.3 Å². The average molecular weight is 305 g/mol. The van der Waals surface area contributed by atoms with Crippen LogP contribution in [0, 0.1) is 0 Å². The van der Waals surface area contributed by atoms with Crippen molar-refractivity contribution in [1.29, 1.82) is 0 Å². The fourth-order valence-electron chi connectivity index (χ4n) is 2.00. The number of ketones is 1. The monoisotopic (exact) mass is 303 g/mol. The van der Waals surface area contributed by atoms with E-state index in [0.717, 1.165) is 23.0 Å². The molecule has 1 saturated heterocycles. The molecule has 1 aromatic carbocycles. The highest BCUT2D eigenvalue weighted by Crippen LogP contribution is 2.28. The maximum Gasteiger partial charge on any atom is 0.157 e. The molecule has 1 fully saturated rings. The number of Topliss-reactive ketones (excluding diaryl/α,β-unsaturated/α-hetero) is 1. The number of piperidine rings is 1. The van der Waals surface area contributed by atoms with E-state index in [1.807, 2.05) is 31.2 Å². The Bertz CT molecular complexity index is 396. The Morgan fingerprint density at radius 3 is 2.81 bits per heavy atom. The first-order valence-electron chi connectivity index (χ1n) is 5.17. The summed E-state index contributed by atoms with van der Waals surface area (Å²) in [5, 5.41) is 3.32. The van der Waals surface area contributed by atoms with Gasteiger partial charge in [-0.25, -0.2) is 0 Å². The number of carbonyl (C=O) groups is 1. The molecule has 2 nitrogen and oxygen atoms in total. The Morgan fingerprint density at radius 1 is 1.44 bits per heavy atom. The van der Waals surface area contributed by atoms with E-state index in [9.17, 15) is 4.79 Å². The molecule has 0 amide bonds. The second-order valence-corrected chi connectivity index (χ2v) is 5.00. The minimum absolute atomic E-state index is 0. The van der Waals surface area contributed by atoms with Crippen molar-refractivity contribution in [3.8, 4) is 0 Å². The van der Waals surface area contributed by atoms with Gasteiger partial charge >= 0.3 is 0 Å². The molecule has 1 heterocycles. The minimum Gasteiger partial charge on any atom is -0.301 e. The first-order valence-corrected chi connectivity index (χ1v) is 5.96. The highest BCUT2D eigenvalue weighted by atomic mass is 79.9. The summed E-state index contributed by atoms with van der Waals surface area (Å²) in [6.45, 7) is 2.88. The molecule has 88 valence electrons. The van der Waals surface area contributed by atoms with Gasteiger partial charge < -0.3 is 5.32 Å². The topological polar surface area (TPSA) is 29.1 Å². The molecule has 0 spiro atoms. The summed E-state index contributed by atoms with van der Waals surface area (Å²) in [6.07, 6.45) is 1.62. The lowest BCUT2D eigenvalue weighted by molar-refractivity contribution is -0.126. The summed E-state index contributed by atoms with van der Waals surface area (Å²) in [6, 6.07) is 7.95. The minimum atomic E-state index is -0.498. The molecule has 4 heteroatoms. The highest BCUT2D eigenvalue weighted by molar-refractivity contribution is 9.10. The molecule has 2 rings (SSSR count). The number of halogens is 2. The predicted octanol–water partition coefficient (Wildman–Crippen LogP) is 3.04. The Morgan fingerprint density at radius 2 is 2.19 bits per heavy atom. The number of benzene rings is 1. The third-order valence-corrected chi connectivity index (χ3v) is 3.51. The normalized spacial score (nSPS) is 25.0. The van der Waals surface area contributed by atoms with Gasteiger partial charge in [0, 0.05) is 10.9 Å². The average Bonchev–Trinajstić information content (AvgIpc) is 2.23. The van der Waals surface area contributed by atoms with Crippen molar-refractivity contribution in [1.82, 2.24) is 5.32 Å². The zero-order chi connectivity index (χ0) is 10.9. The third-order valence-electron chi connectivity index (χ3n) is 3.02. The van der Waals surface area contributed by atoms with Gasteiger partial charge in [-0.05, 0) is 37.6 Å². The van der Waals surface area contributed by atoms with Crippen molar-refractivity contribution >= 4 is 34.1 Å². The largest absolute Gasteiger partial charge is 0.301 e. The van der Waals surface area contributed by atoms with Crippen LogP contribution < -0.4 is 5.32 Å². The van der Waals surface area contributed by atoms with Crippen molar-refractivity contribution in [2.45, 2.75) is 25.3 Å². The Labute approximate surface area is 110 Å². The molecule has 1 unspecified atom stereocenters. The maximum absolute atomic E-state index is 11.9. The molecule has 0 aliphatic carbocycles. The predicted molar refractivity (Wildman–Crippen MR) is 71.0 cm³/mol. The van der Waals surface area contributed by atoms with E-state index in [4.69, 9.17) is 0 Å². The van der Waals surface area contributed by atoms with Crippen LogP contribution in [0.2, 0.25) is 0 Å². The van der Waals surface area contributed by atoms with E-state index in [1.165, 1.54) is 0 Å². The molecule has 1 aliphatic heterocycles. The van der Waals surface area contributed by atoms with E-state index in [0.29, 0.717) is 6.42 Å². The zero-order valence-electron chi connectivity index (χ0n) is 9.13. The van der Waals surface area contributed by atoms with Gasteiger partial charge in [-0.3, -0.25) is 4.79 Å². The van der Waals surface area contributed by atoms with Gasteiger partial charge in [-0.2, -0.15) is 0 Å². The highest BCUT2D eigenvalue weighted by Gasteiger charge is 2.36. The summed E-state index contributed by atoms with van der Waals surface area (Å²) in [5.74, 6) is 0.284. The van der Waals surface area contributed by atoms with Gasteiger partial charge in [0.25, 0.3) is 0 Å². The smallest absolute Gasteiger partial charge is 0.157 e. The fraction of sp³-hybridized carbons (Fsp3) is 0.417. The first kappa shape index (κ1) is 13.7. The van der Waals surface area contributed by atoms with E-state index < -0.39 is 5.54 Å². The molecule has 16 heavy (non-hydrogen) atoms. The first-order chi connectivity index (χ1) is 7.13. The summed E-state index contributed by atoms with van der Waals surface area (Å²) >= 11 is 3.43. The van der Waals surface area contributed by atoms with Crippen molar-refractivity contribution in [3.63, 3.8) is 0 Å². The number of rotatable bonds is 1. The van der Waals surface area contributed by atoms with Gasteiger partial charge in [0.2, 0.25) is 0 Å². The lowest BCUT2D eigenvalue weighted by atomic mass is 9.83. The lowest BCUT2D eigenvalue weighted by Gasteiger charge is -2.34. The van der Waals surface area contributed by atoms with Crippen molar-refractivity contribution in [2.75, 3.05) is 6.54 Å². The Hall–Kier alpha value is -0.380. The molecule has 0 bridgehead atoms. The standard InChI is InChI=1S/C12H14BrNO.ClH/c1-12(11(15)6-3-7-14-12)9-4-2-5-10(13)8-9;/h2,4-5,8,14H,3,6-7H2,1H3;1H. The van der Waals surface area contributed by atoms with Gasteiger partial charge in [-0.1, -0.05) is 28.1 Å². The number of hydrogen-bond donors (Lipinski definition) is 1.